The summed E-state index contributed by atoms with van der Waals surface area (Å²) >= 11 is 0.916. The van der Waals surface area contributed by atoms with Crippen LogP contribution in [0.5, 0.6) is 0 Å². The third-order valence-corrected chi connectivity index (χ3v) is 4.09. The van der Waals surface area contributed by atoms with E-state index in [2.05, 4.69) is 15.3 Å². The van der Waals surface area contributed by atoms with E-state index in [0.29, 0.717) is 5.56 Å². The second-order valence-corrected chi connectivity index (χ2v) is 5.41. The van der Waals surface area contributed by atoms with Crippen molar-refractivity contribution in [3.8, 4) is 0 Å². The van der Waals surface area contributed by atoms with Gasteiger partial charge in [0.15, 0.2) is 0 Å². The van der Waals surface area contributed by atoms with Crippen molar-refractivity contribution < 1.29 is 19.1 Å². The molecule has 2 aromatic heterocycles. The number of nitrogens with two attached hydrogens (primary N) is 1. The molecule has 0 saturated heterocycles. The number of carbonyl (C=O) groups excluding carboxylic acids is 3. The molecule has 8 nitrogen and oxygen atoms in total. The molecule has 120 valence electrons. The molecule has 2 rings (SSSR count). The molecule has 0 aliphatic carbocycles. The zero-order chi connectivity index (χ0) is 17.0. The maximum absolute atomic E-state index is 12.2. The molecule has 0 aliphatic rings. The van der Waals surface area contributed by atoms with Crippen LogP contribution in [0.4, 0.5) is 5.00 Å². The molecule has 0 atom stereocenters. The van der Waals surface area contributed by atoms with E-state index in [1.165, 1.54) is 18.6 Å². The van der Waals surface area contributed by atoms with Crippen molar-refractivity contribution in [1.82, 2.24) is 9.97 Å². The van der Waals surface area contributed by atoms with Crippen molar-refractivity contribution in [2.24, 2.45) is 5.73 Å². The lowest BCUT2D eigenvalue weighted by Gasteiger charge is -2.06. The fraction of sp³-hybridized carbons (Fsp3) is 0.214. The summed E-state index contributed by atoms with van der Waals surface area (Å²) in [6, 6.07) is 0. The van der Waals surface area contributed by atoms with Gasteiger partial charge in [0.25, 0.3) is 11.8 Å². The van der Waals surface area contributed by atoms with E-state index in [-0.39, 0.29) is 27.7 Å². The van der Waals surface area contributed by atoms with Crippen LogP contribution < -0.4 is 11.1 Å². The van der Waals surface area contributed by atoms with Gasteiger partial charge in [0.2, 0.25) is 0 Å². The van der Waals surface area contributed by atoms with Crippen LogP contribution in [0.1, 0.15) is 43.0 Å². The van der Waals surface area contributed by atoms with E-state index in [9.17, 15) is 14.4 Å². The lowest BCUT2D eigenvalue weighted by Crippen LogP contribution is -2.16. The molecule has 0 unspecified atom stereocenters. The van der Waals surface area contributed by atoms with Crippen LogP contribution in [0.3, 0.4) is 0 Å². The Hall–Kier alpha value is -2.81. The first kappa shape index (κ1) is 16.6. The fourth-order valence-corrected chi connectivity index (χ4v) is 2.91. The predicted molar refractivity (Wildman–Crippen MR) is 83.5 cm³/mol. The summed E-state index contributed by atoms with van der Waals surface area (Å²) in [5, 5.41) is 2.74. The van der Waals surface area contributed by atoms with Gasteiger partial charge in [0, 0.05) is 12.4 Å². The van der Waals surface area contributed by atoms with Crippen LogP contribution in [-0.2, 0) is 4.74 Å². The maximum Gasteiger partial charge on any atom is 0.341 e. The van der Waals surface area contributed by atoms with Crippen molar-refractivity contribution in [3.63, 3.8) is 0 Å². The molecule has 0 aromatic carbocycles. The largest absolute Gasteiger partial charge is 0.462 e. The molecule has 23 heavy (non-hydrogen) atoms. The van der Waals surface area contributed by atoms with E-state index in [4.69, 9.17) is 10.5 Å². The Labute approximate surface area is 135 Å². The second kappa shape index (κ2) is 6.97. The van der Waals surface area contributed by atoms with E-state index in [0.717, 1.165) is 11.3 Å². The van der Waals surface area contributed by atoms with Crippen LogP contribution in [0.25, 0.3) is 0 Å². The number of hydrogen-bond donors (Lipinski definition) is 2. The number of thiophene rings is 1. The lowest BCUT2D eigenvalue weighted by molar-refractivity contribution is 0.0527. The molecule has 2 heterocycles. The van der Waals surface area contributed by atoms with Crippen molar-refractivity contribution in [1.29, 1.82) is 0 Å². The number of aromatic nitrogens is 2. The predicted octanol–water partition coefficient (Wildman–Crippen LogP) is 1.37. The Balaban J connectivity index is 2.40. The number of ether oxygens (including phenoxy) is 1. The van der Waals surface area contributed by atoms with Gasteiger partial charge in [0.1, 0.15) is 10.7 Å². The molecule has 0 bridgehead atoms. The van der Waals surface area contributed by atoms with Crippen LogP contribution in [-0.4, -0.2) is 34.4 Å². The SMILES string of the molecule is CCOC(=O)c1c(NC(=O)c2cnccn2)sc(C(N)=O)c1C. The highest BCUT2D eigenvalue weighted by Gasteiger charge is 2.26. The average molecular weight is 334 g/mol. The van der Waals surface area contributed by atoms with Crippen molar-refractivity contribution in [3.05, 3.63) is 40.3 Å². The molecular weight excluding hydrogens is 320 g/mol. The summed E-state index contributed by atoms with van der Waals surface area (Å²) in [6.45, 7) is 3.39. The highest BCUT2D eigenvalue weighted by molar-refractivity contribution is 7.18. The molecule has 0 fully saturated rings. The molecule has 0 aliphatic heterocycles. The summed E-state index contributed by atoms with van der Waals surface area (Å²) in [4.78, 5) is 43.6. The normalized spacial score (nSPS) is 10.2. The fourth-order valence-electron chi connectivity index (χ4n) is 1.87. The first-order valence-electron chi connectivity index (χ1n) is 6.63. The number of primary amides is 1. The van der Waals surface area contributed by atoms with Gasteiger partial charge in [-0.05, 0) is 19.4 Å². The molecule has 2 amide bonds. The van der Waals surface area contributed by atoms with Gasteiger partial charge in [-0.1, -0.05) is 0 Å². The Morgan fingerprint density at radius 2 is 2.09 bits per heavy atom. The van der Waals surface area contributed by atoms with Crippen LogP contribution >= 0.6 is 11.3 Å². The van der Waals surface area contributed by atoms with Gasteiger partial charge in [-0.25, -0.2) is 9.78 Å². The summed E-state index contributed by atoms with van der Waals surface area (Å²) in [5.74, 6) is -1.87. The van der Waals surface area contributed by atoms with Crippen molar-refractivity contribution >= 4 is 34.1 Å². The minimum atomic E-state index is -0.682. The minimum absolute atomic E-state index is 0.0778. The molecule has 0 saturated carbocycles. The number of anilines is 1. The zero-order valence-corrected chi connectivity index (χ0v) is 13.3. The van der Waals surface area contributed by atoms with E-state index in [1.54, 1.807) is 13.8 Å². The summed E-state index contributed by atoms with van der Waals surface area (Å²) in [6.07, 6.45) is 4.09. The van der Waals surface area contributed by atoms with Gasteiger partial charge in [-0.2, -0.15) is 0 Å². The van der Waals surface area contributed by atoms with Crippen molar-refractivity contribution in [2.45, 2.75) is 13.8 Å². The summed E-state index contributed by atoms with van der Waals surface area (Å²) < 4.78 is 4.97. The number of amides is 2. The third-order valence-electron chi connectivity index (χ3n) is 2.87. The van der Waals surface area contributed by atoms with Gasteiger partial charge in [0.05, 0.1) is 23.2 Å². The molecular formula is C14H14N4O4S. The first-order valence-corrected chi connectivity index (χ1v) is 7.45. The monoisotopic (exact) mass is 334 g/mol. The van der Waals surface area contributed by atoms with E-state index < -0.39 is 17.8 Å². The number of esters is 1. The van der Waals surface area contributed by atoms with Crippen LogP contribution in [0, 0.1) is 6.92 Å². The molecule has 0 radical (unpaired) electrons. The van der Waals surface area contributed by atoms with Gasteiger partial charge < -0.3 is 15.8 Å². The molecule has 2 aromatic rings. The van der Waals surface area contributed by atoms with Crippen LogP contribution in [0.2, 0.25) is 0 Å². The van der Waals surface area contributed by atoms with Gasteiger partial charge in [-0.3, -0.25) is 14.6 Å². The standard InChI is InChI=1S/C14H14N4O4S/c1-3-22-14(21)9-7(2)10(11(15)19)23-13(9)18-12(20)8-6-16-4-5-17-8/h4-6H,3H2,1-2H3,(H2,15,19)(H,18,20). The Morgan fingerprint density at radius 1 is 1.35 bits per heavy atom. The summed E-state index contributed by atoms with van der Waals surface area (Å²) in [7, 11) is 0. The van der Waals surface area contributed by atoms with Crippen LogP contribution in [0.15, 0.2) is 18.6 Å². The minimum Gasteiger partial charge on any atom is -0.462 e. The Bertz CT molecular complexity index is 758. The van der Waals surface area contributed by atoms with Crippen molar-refractivity contribution in [2.75, 3.05) is 11.9 Å². The molecule has 9 heteroatoms. The quantitative estimate of drug-likeness (QED) is 0.796. The van der Waals surface area contributed by atoms with Gasteiger partial charge >= 0.3 is 5.97 Å². The highest BCUT2D eigenvalue weighted by Crippen LogP contribution is 2.33. The Morgan fingerprint density at radius 3 is 2.65 bits per heavy atom. The smallest absolute Gasteiger partial charge is 0.341 e. The summed E-state index contributed by atoms with van der Waals surface area (Å²) in [5.41, 5.74) is 5.86. The third kappa shape index (κ3) is 3.51. The number of hydrogen-bond acceptors (Lipinski definition) is 7. The van der Waals surface area contributed by atoms with E-state index >= 15 is 0 Å². The Kier molecular flexibility index (Phi) is 5.02. The maximum atomic E-state index is 12.2. The first-order chi connectivity index (χ1) is 11.0. The lowest BCUT2D eigenvalue weighted by atomic mass is 10.1. The number of nitrogens with one attached hydrogen (secondary N) is 1. The average Bonchev–Trinajstić information content (AvgIpc) is 2.85. The topological polar surface area (TPSA) is 124 Å². The second-order valence-electron chi connectivity index (χ2n) is 4.39. The van der Waals surface area contributed by atoms with Gasteiger partial charge in [-0.15, -0.1) is 11.3 Å². The number of carbonyl (C=O) groups is 3. The molecule has 0 spiro atoms. The number of rotatable bonds is 5. The highest BCUT2D eigenvalue weighted by atomic mass is 32.1. The number of nitrogens with zero attached hydrogens (tertiary/aromatic N) is 2. The van der Waals surface area contributed by atoms with E-state index in [1.807, 2.05) is 0 Å². The zero-order valence-electron chi connectivity index (χ0n) is 12.5. The molecule has 3 N–H and O–H groups in total.